The van der Waals surface area contributed by atoms with E-state index in [-0.39, 0.29) is 31.3 Å². The first-order chi connectivity index (χ1) is 10.5. The first-order valence-corrected chi connectivity index (χ1v) is 9.69. The lowest BCUT2D eigenvalue weighted by atomic mass is 10.2. The summed E-state index contributed by atoms with van der Waals surface area (Å²) in [5.74, 6) is 0.548. The Kier molecular flexibility index (Phi) is 4.83. The van der Waals surface area contributed by atoms with Gasteiger partial charge in [-0.05, 0) is 64.8 Å². The molecule has 2 aromatic carbocycles. The molecule has 23 heavy (non-hydrogen) atoms. The molecule has 0 heterocycles. The predicted molar refractivity (Wildman–Crippen MR) is 85.0 cm³/mol. The SMILES string of the molecule is Cc1cc(Oc2ccc(S(=O)(=O)O)cc2)c(Br)cc1S(=O)(=O)O. The molecule has 0 unspecified atom stereocenters. The van der Waals surface area contributed by atoms with E-state index in [9.17, 15) is 16.8 Å². The quantitative estimate of drug-likeness (QED) is 0.726. The fourth-order valence-electron chi connectivity index (χ4n) is 1.80. The van der Waals surface area contributed by atoms with E-state index in [2.05, 4.69) is 15.9 Å². The molecule has 0 aliphatic heterocycles. The van der Waals surface area contributed by atoms with Gasteiger partial charge in [0, 0.05) is 0 Å². The summed E-state index contributed by atoms with van der Waals surface area (Å²) >= 11 is 3.14. The highest BCUT2D eigenvalue weighted by Gasteiger charge is 2.17. The molecule has 0 bridgehead atoms. The van der Waals surface area contributed by atoms with Crippen LogP contribution in [0.4, 0.5) is 0 Å². The Morgan fingerprint density at radius 1 is 0.957 bits per heavy atom. The monoisotopic (exact) mass is 422 g/mol. The number of hydrogen-bond acceptors (Lipinski definition) is 5. The van der Waals surface area contributed by atoms with Crippen LogP contribution in [0.15, 0.2) is 50.7 Å². The topological polar surface area (TPSA) is 118 Å². The van der Waals surface area contributed by atoms with Crippen molar-refractivity contribution in [1.82, 2.24) is 0 Å². The molecule has 2 rings (SSSR count). The van der Waals surface area contributed by atoms with Gasteiger partial charge in [-0.1, -0.05) is 0 Å². The number of aryl methyl sites for hydroxylation is 1. The average Bonchev–Trinajstić information content (AvgIpc) is 2.41. The van der Waals surface area contributed by atoms with E-state index in [4.69, 9.17) is 13.8 Å². The molecule has 0 fully saturated rings. The van der Waals surface area contributed by atoms with Crippen LogP contribution in [0.1, 0.15) is 5.56 Å². The predicted octanol–water partition coefficient (Wildman–Crippen LogP) is 3.04. The van der Waals surface area contributed by atoms with Crippen LogP contribution in [0, 0.1) is 6.92 Å². The lowest BCUT2D eigenvalue weighted by Gasteiger charge is -2.11. The Bertz CT molecular complexity index is 949. The molecular weight excluding hydrogens is 412 g/mol. The zero-order chi connectivity index (χ0) is 17.4. The summed E-state index contributed by atoms with van der Waals surface area (Å²) in [6.45, 7) is 1.49. The van der Waals surface area contributed by atoms with Crippen molar-refractivity contribution in [3.05, 3.63) is 46.4 Å². The Morgan fingerprint density at radius 3 is 2.00 bits per heavy atom. The molecule has 0 aromatic heterocycles. The molecule has 0 aliphatic carbocycles. The van der Waals surface area contributed by atoms with Gasteiger partial charge in [-0.2, -0.15) is 16.8 Å². The van der Waals surface area contributed by atoms with E-state index in [0.717, 1.165) is 12.1 Å². The van der Waals surface area contributed by atoms with Crippen molar-refractivity contribution < 1.29 is 30.7 Å². The van der Waals surface area contributed by atoms with Crippen LogP contribution >= 0.6 is 15.9 Å². The highest BCUT2D eigenvalue weighted by atomic mass is 79.9. The van der Waals surface area contributed by atoms with Crippen LogP contribution < -0.4 is 4.74 Å². The normalized spacial score (nSPS) is 12.2. The van der Waals surface area contributed by atoms with Crippen LogP contribution in [-0.2, 0) is 20.2 Å². The van der Waals surface area contributed by atoms with Crippen LogP contribution in [0.3, 0.4) is 0 Å². The highest BCUT2D eigenvalue weighted by molar-refractivity contribution is 9.10. The van der Waals surface area contributed by atoms with Gasteiger partial charge in [-0.3, -0.25) is 9.11 Å². The number of halogens is 1. The third-order valence-corrected chi connectivity index (χ3v) is 5.34. The van der Waals surface area contributed by atoms with Crippen molar-refractivity contribution in [2.24, 2.45) is 0 Å². The minimum Gasteiger partial charge on any atom is -0.456 e. The molecule has 0 saturated heterocycles. The molecule has 0 spiro atoms. The fourth-order valence-corrected chi connectivity index (χ4v) is 3.59. The van der Waals surface area contributed by atoms with Crippen molar-refractivity contribution in [3.8, 4) is 11.5 Å². The molecule has 0 saturated carbocycles. The molecule has 2 N–H and O–H groups in total. The molecule has 0 aliphatic rings. The maximum absolute atomic E-state index is 11.2. The van der Waals surface area contributed by atoms with E-state index >= 15 is 0 Å². The van der Waals surface area contributed by atoms with Gasteiger partial charge in [0.05, 0.1) is 14.3 Å². The summed E-state index contributed by atoms with van der Waals surface area (Å²) in [6.07, 6.45) is 0. The van der Waals surface area contributed by atoms with Crippen LogP contribution in [0.2, 0.25) is 0 Å². The van der Waals surface area contributed by atoms with Gasteiger partial charge in [-0.15, -0.1) is 0 Å². The van der Waals surface area contributed by atoms with Gasteiger partial charge < -0.3 is 4.74 Å². The van der Waals surface area contributed by atoms with Crippen molar-refractivity contribution >= 4 is 36.2 Å². The molecule has 0 atom stereocenters. The summed E-state index contributed by atoms with van der Waals surface area (Å²) < 4.78 is 68.2. The van der Waals surface area contributed by atoms with E-state index in [1.54, 1.807) is 0 Å². The number of ether oxygens (including phenoxy) is 1. The second kappa shape index (κ2) is 6.21. The zero-order valence-electron chi connectivity index (χ0n) is 11.6. The van der Waals surface area contributed by atoms with Crippen molar-refractivity contribution in [1.29, 1.82) is 0 Å². The number of benzene rings is 2. The second-order valence-electron chi connectivity index (χ2n) is 4.57. The molecule has 2 aromatic rings. The molecular formula is C13H11BrO7S2. The first-order valence-electron chi connectivity index (χ1n) is 6.01. The third-order valence-electron chi connectivity index (χ3n) is 2.86. The minimum atomic E-state index is -4.35. The molecule has 0 amide bonds. The summed E-state index contributed by atoms with van der Waals surface area (Å²) in [6, 6.07) is 7.61. The molecule has 7 nitrogen and oxygen atoms in total. The lowest BCUT2D eigenvalue weighted by molar-refractivity contribution is 0.473. The van der Waals surface area contributed by atoms with Crippen LogP contribution in [0.5, 0.6) is 11.5 Å². The van der Waals surface area contributed by atoms with Crippen molar-refractivity contribution in [2.75, 3.05) is 0 Å². The molecule has 124 valence electrons. The maximum atomic E-state index is 11.2. The summed E-state index contributed by atoms with van der Waals surface area (Å²) in [5.41, 5.74) is 0.278. The summed E-state index contributed by atoms with van der Waals surface area (Å²) in [4.78, 5) is -0.528. The van der Waals surface area contributed by atoms with Gasteiger partial charge >= 0.3 is 0 Å². The fraction of sp³-hybridized carbons (Fsp3) is 0.0769. The first kappa shape index (κ1) is 17.9. The van der Waals surface area contributed by atoms with Gasteiger partial charge in [0.25, 0.3) is 20.2 Å². The maximum Gasteiger partial charge on any atom is 0.294 e. The third kappa shape index (κ3) is 4.30. The Labute approximate surface area is 141 Å². The minimum absolute atomic E-state index is 0.251. The molecule has 0 radical (unpaired) electrons. The zero-order valence-corrected chi connectivity index (χ0v) is 14.8. The van der Waals surface area contributed by atoms with E-state index in [1.807, 2.05) is 0 Å². The largest absolute Gasteiger partial charge is 0.456 e. The Morgan fingerprint density at radius 2 is 1.52 bits per heavy atom. The van der Waals surface area contributed by atoms with E-state index in [0.29, 0.717) is 0 Å². The Balaban J connectivity index is 2.36. The summed E-state index contributed by atoms with van der Waals surface area (Å²) in [5, 5.41) is 0. The number of hydrogen-bond donors (Lipinski definition) is 2. The van der Waals surface area contributed by atoms with E-state index in [1.165, 1.54) is 31.2 Å². The highest BCUT2D eigenvalue weighted by Crippen LogP contribution is 2.34. The smallest absolute Gasteiger partial charge is 0.294 e. The van der Waals surface area contributed by atoms with Gasteiger partial charge in [0.1, 0.15) is 11.5 Å². The molecule has 10 heteroatoms. The van der Waals surface area contributed by atoms with E-state index < -0.39 is 20.2 Å². The average molecular weight is 423 g/mol. The standard InChI is InChI=1S/C13H11BrO7S2/c1-8-6-12(11(14)7-13(8)23(18,19)20)21-9-2-4-10(5-3-9)22(15,16)17/h2-7H,1H3,(H,15,16,17)(H,18,19,20). The van der Waals surface area contributed by atoms with Crippen LogP contribution in [-0.4, -0.2) is 25.9 Å². The summed E-state index contributed by atoms with van der Waals surface area (Å²) in [7, 11) is -8.64. The Hall–Kier alpha value is -1.46. The lowest BCUT2D eigenvalue weighted by Crippen LogP contribution is -2.01. The second-order valence-corrected chi connectivity index (χ2v) is 8.24. The van der Waals surface area contributed by atoms with Gasteiger partial charge in [0.2, 0.25) is 0 Å². The van der Waals surface area contributed by atoms with Crippen molar-refractivity contribution in [3.63, 3.8) is 0 Å². The van der Waals surface area contributed by atoms with Crippen molar-refractivity contribution in [2.45, 2.75) is 16.7 Å². The van der Waals surface area contributed by atoms with Gasteiger partial charge in [0.15, 0.2) is 0 Å². The van der Waals surface area contributed by atoms with Gasteiger partial charge in [-0.25, -0.2) is 0 Å². The number of rotatable bonds is 4. The van der Waals surface area contributed by atoms with Crippen LogP contribution in [0.25, 0.3) is 0 Å².